The van der Waals surface area contributed by atoms with Crippen LogP contribution in [-0.4, -0.2) is 5.78 Å². The number of carbonyl (C=O) groups excluding carboxylic acids is 1. The summed E-state index contributed by atoms with van der Waals surface area (Å²) in [6.45, 7) is 11.9. The Morgan fingerprint density at radius 2 is 1.67 bits per heavy atom. The van der Waals surface area contributed by atoms with Gasteiger partial charge in [-0.2, -0.15) is 0 Å². The van der Waals surface area contributed by atoms with E-state index in [9.17, 15) is 4.79 Å². The monoisotopic (exact) mass is 330 g/mol. The minimum absolute atomic E-state index is 0.0535. The second kappa shape index (κ2) is 5.58. The van der Waals surface area contributed by atoms with E-state index in [2.05, 4.69) is 27.7 Å². The number of carbonyl (C=O) groups is 1. The number of ketones is 1. The van der Waals surface area contributed by atoms with Crippen LogP contribution in [0.3, 0.4) is 0 Å². The van der Waals surface area contributed by atoms with Gasteiger partial charge in [0.2, 0.25) is 0 Å². The Bertz CT molecular complexity index is 524. The maximum absolute atomic E-state index is 12.7. The number of hydrogen-bond donors (Lipinski definition) is 0. The van der Waals surface area contributed by atoms with Gasteiger partial charge in [-0.3, -0.25) is 4.79 Å². The van der Waals surface area contributed by atoms with Crippen molar-refractivity contribution in [3.05, 3.63) is 0 Å². The van der Waals surface area contributed by atoms with Gasteiger partial charge in [0.15, 0.2) is 0 Å². The predicted molar refractivity (Wildman–Crippen MR) is 99.6 cm³/mol. The van der Waals surface area contributed by atoms with Crippen LogP contribution in [0, 0.1) is 52.3 Å². The first-order valence-electron chi connectivity index (χ1n) is 10.8. The third-order valence-corrected chi connectivity index (χ3v) is 10.0. The average Bonchev–Trinajstić information content (AvgIpc) is 2.87. The van der Waals surface area contributed by atoms with Crippen LogP contribution in [0.2, 0.25) is 0 Å². The molecule has 4 fully saturated rings. The van der Waals surface area contributed by atoms with Crippen molar-refractivity contribution in [3.63, 3.8) is 0 Å². The van der Waals surface area contributed by atoms with Crippen molar-refractivity contribution >= 4 is 5.78 Å². The summed E-state index contributed by atoms with van der Waals surface area (Å²) >= 11 is 0. The van der Waals surface area contributed by atoms with Crippen LogP contribution in [0.1, 0.15) is 86.0 Å². The van der Waals surface area contributed by atoms with Crippen molar-refractivity contribution in [2.75, 3.05) is 0 Å². The van der Waals surface area contributed by atoms with E-state index in [1.165, 1.54) is 51.4 Å². The number of fused-ring (bicyclic) bond motifs is 5. The fourth-order valence-corrected chi connectivity index (χ4v) is 8.54. The van der Waals surface area contributed by atoms with Gasteiger partial charge in [-0.1, -0.05) is 27.7 Å². The molecule has 0 aliphatic heterocycles. The fraction of sp³-hybridized carbons (Fsp3) is 0.957. The highest BCUT2D eigenvalue weighted by atomic mass is 16.1. The van der Waals surface area contributed by atoms with Gasteiger partial charge < -0.3 is 0 Å². The number of Topliss-reactive ketones (excluding diaryl/α,β-unsaturated/α-hetero) is 1. The SMILES string of the molecule is CC(=O)[C@]12CC[C@H]3[C@@H](CC[C@H]4C[C@H](C)[C@@H](C)C[C@@]43C)[C@@H]1CC[C@@H]2C. The molecule has 0 spiro atoms. The lowest BCUT2D eigenvalue weighted by Crippen LogP contribution is -2.56. The Morgan fingerprint density at radius 3 is 2.38 bits per heavy atom. The molecule has 0 unspecified atom stereocenters. The van der Waals surface area contributed by atoms with E-state index < -0.39 is 0 Å². The van der Waals surface area contributed by atoms with Gasteiger partial charge in [0.25, 0.3) is 0 Å². The highest BCUT2D eigenvalue weighted by Crippen LogP contribution is 2.68. The Morgan fingerprint density at radius 1 is 0.917 bits per heavy atom. The molecule has 0 N–H and O–H groups in total. The molecule has 24 heavy (non-hydrogen) atoms. The fourth-order valence-electron chi connectivity index (χ4n) is 8.54. The van der Waals surface area contributed by atoms with Gasteiger partial charge in [-0.05, 0) is 105 Å². The third kappa shape index (κ3) is 2.08. The van der Waals surface area contributed by atoms with Crippen LogP contribution in [0.4, 0.5) is 0 Å². The molecule has 4 saturated carbocycles. The predicted octanol–water partition coefficient (Wildman–Crippen LogP) is 6.12. The molecule has 0 aromatic heterocycles. The molecule has 0 aromatic carbocycles. The Hall–Kier alpha value is -0.330. The standard InChI is InChI=1S/C23H38O/c1-14-12-18-7-8-19-20(22(18,5)13-15(14)2)10-11-23(17(4)24)16(3)6-9-21(19)23/h14-16,18-21H,6-13H2,1-5H3/t14-,15-,16-,18-,19+,20-,21-,22-,23+/m0/s1. The van der Waals surface area contributed by atoms with Crippen molar-refractivity contribution in [3.8, 4) is 0 Å². The molecule has 1 nitrogen and oxygen atoms in total. The highest BCUT2D eigenvalue weighted by Gasteiger charge is 2.62. The molecule has 136 valence electrons. The lowest BCUT2D eigenvalue weighted by molar-refractivity contribution is -0.153. The zero-order valence-corrected chi connectivity index (χ0v) is 16.6. The lowest BCUT2D eigenvalue weighted by atomic mass is 9.43. The maximum Gasteiger partial charge on any atom is 0.136 e. The van der Waals surface area contributed by atoms with Gasteiger partial charge in [0, 0.05) is 5.41 Å². The molecular weight excluding hydrogens is 292 g/mol. The largest absolute Gasteiger partial charge is 0.299 e. The zero-order valence-electron chi connectivity index (χ0n) is 16.6. The normalized spacial score (nSPS) is 57.0. The van der Waals surface area contributed by atoms with Crippen LogP contribution < -0.4 is 0 Å². The van der Waals surface area contributed by atoms with E-state index in [-0.39, 0.29) is 5.41 Å². The van der Waals surface area contributed by atoms with Crippen LogP contribution in [0.5, 0.6) is 0 Å². The first-order valence-corrected chi connectivity index (χ1v) is 10.8. The van der Waals surface area contributed by atoms with Gasteiger partial charge >= 0.3 is 0 Å². The van der Waals surface area contributed by atoms with Crippen LogP contribution >= 0.6 is 0 Å². The summed E-state index contributed by atoms with van der Waals surface area (Å²) < 4.78 is 0. The minimum Gasteiger partial charge on any atom is -0.299 e. The van der Waals surface area contributed by atoms with Gasteiger partial charge in [0.05, 0.1) is 0 Å². The van der Waals surface area contributed by atoms with E-state index in [0.717, 1.165) is 29.6 Å². The summed E-state index contributed by atoms with van der Waals surface area (Å²) in [5.41, 5.74) is 0.613. The topological polar surface area (TPSA) is 17.1 Å². The lowest BCUT2D eigenvalue weighted by Gasteiger charge is -2.62. The average molecular weight is 331 g/mol. The second-order valence-corrected chi connectivity index (χ2v) is 10.7. The van der Waals surface area contributed by atoms with Crippen molar-refractivity contribution in [1.29, 1.82) is 0 Å². The minimum atomic E-state index is 0.0535. The first-order chi connectivity index (χ1) is 11.3. The second-order valence-electron chi connectivity index (χ2n) is 10.7. The van der Waals surface area contributed by atoms with E-state index >= 15 is 0 Å². The molecule has 0 saturated heterocycles. The molecule has 4 rings (SSSR count). The highest BCUT2D eigenvalue weighted by molar-refractivity contribution is 5.83. The Kier molecular flexibility index (Phi) is 3.98. The molecule has 4 aliphatic carbocycles. The molecule has 1 heteroatoms. The Labute approximate surface area is 149 Å². The third-order valence-electron chi connectivity index (χ3n) is 10.0. The molecule has 0 aromatic rings. The zero-order chi connectivity index (χ0) is 17.3. The van der Waals surface area contributed by atoms with Crippen molar-refractivity contribution in [1.82, 2.24) is 0 Å². The maximum atomic E-state index is 12.7. The molecule has 4 aliphatic rings. The molecule has 9 atom stereocenters. The molecule has 0 heterocycles. The summed E-state index contributed by atoms with van der Waals surface area (Å²) in [4.78, 5) is 12.7. The molecule has 0 radical (unpaired) electrons. The number of rotatable bonds is 1. The summed E-state index contributed by atoms with van der Waals surface area (Å²) in [5, 5.41) is 0. The van der Waals surface area contributed by atoms with Gasteiger partial charge in [-0.25, -0.2) is 0 Å². The first kappa shape index (κ1) is 17.1. The Balaban J connectivity index is 1.67. The van der Waals surface area contributed by atoms with Crippen molar-refractivity contribution in [2.24, 2.45) is 52.3 Å². The van der Waals surface area contributed by atoms with E-state index in [0.29, 0.717) is 23.0 Å². The smallest absolute Gasteiger partial charge is 0.136 e. The van der Waals surface area contributed by atoms with Crippen molar-refractivity contribution in [2.45, 2.75) is 86.0 Å². The van der Waals surface area contributed by atoms with Crippen LogP contribution in [-0.2, 0) is 4.79 Å². The quantitative estimate of drug-likeness (QED) is 0.566. The van der Waals surface area contributed by atoms with Gasteiger partial charge in [-0.15, -0.1) is 0 Å². The van der Waals surface area contributed by atoms with E-state index in [1.807, 2.05) is 6.92 Å². The number of hydrogen-bond acceptors (Lipinski definition) is 1. The molecular formula is C23H38O. The summed E-state index contributed by atoms with van der Waals surface area (Å²) in [7, 11) is 0. The van der Waals surface area contributed by atoms with Crippen molar-refractivity contribution < 1.29 is 4.79 Å². The van der Waals surface area contributed by atoms with Gasteiger partial charge in [0.1, 0.15) is 5.78 Å². The van der Waals surface area contributed by atoms with Crippen LogP contribution in [0.15, 0.2) is 0 Å². The summed E-state index contributed by atoms with van der Waals surface area (Å²) in [6.07, 6.45) is 10.9. The summed E-state index contributed by atoms with van der Waals surface area (Å²) in [5.74, 6) is 6.33. The van der Waals surface area contributed by atoms with Crippen LogP contribution in [0.25, 0.3) is 0 Å². The molecule has 0 amide bonds. The van der Waals surface area contributed by atoms with E-state index in [4.69, 9.17) is 0 Å². The van der Waals surface area contributed by atoms with E-state index in [1.54, 1.807) is 0 Å². The molecule has 0 bridgehead atoms. The summed E-state index contributed by atoms with van der Waals surface area (Å²) in [6, 6.07) is 0.